The zero-order valence-corrected chi connectivity index (χ0v) is 18.7. The molecule has 30 heavy (non-hydrogen) atoms. The Hall–Kier alpha value is -2.53. The van der Waals surface area contributed by atoms with Crippen LogP contribution in [-0.4, -0.2) is 19.5 Å². The number of hydrogen-bond donors (Lipinski definition) is 1. The highest BCUT2D eigenvalue weighted by Crippen LogP contribution is 2.34. The fourth-order valence-electron chi connectivity index (χ4n) is 3.14. The predicted molar refractivity (Wildman–Crippen MR) is 127 cm³/mol. The lowest BCUT2D eigenvalue weighted by Crippen LogP contribution is -2.22. The molecule has 10 heteroatoms. The molecule has 5 heterocycles. The normalized spacial score (nSPS) is 11.5. The fourth-order valence-corrected chi connectivity index (χ4v) is 6.55. The first kappa shape index (κ1) is 19.4. The number of rotatable bonds is 6. The van der Waals surface area contributed by atoms with Crippen LogP contribution < -0.4 is 11.1 Å². The molecule has 0 radical (unpaired) electrons. The second kappa shape index (κ2) is 7.95. The molecule has 0 saturated heterocycles. The molecule has 6 nitrogen and oxygen atoms in total. The van der Waals surface area contributed by atoms with Crippen molar-refractivity contribution in [3.05, 3.63) is 73.5 Å². The van der Waals surface area contributed by atoms with E-state index in [1.54, 1.807) is 22.0 Å². The van der Waals surface area contributed by atoms with Gasteiger partial charge in [0.05, 0.1) is 16.7 Å². The first-order chi connectivity index (χ1) is 14.7. The molecule has 0 saturated carbocycles. The molecule has 0 aliphatic carbocycles. The Morgan fingerprint density at radius 1 is 1.17 bits per heavy atom. The monoisotopic (exact) mass is 470 g/mol. The third-order valence-corrected chi connectivity index (χ3v) is 8.12. The Labute approximate surface area is 186 Å². The molecule has 5 aromatic heterocycles. The number of nitrogens with zero attached hydrogens (tertiary/aromatic N) is 3. The van der Waals surface area contributed by atoms with Crippen molar-refractivity contribution in [1.82, 2.24) is 19.5 Å². The maximum Gasteiger partial charge on any atom is 0.268 e. The first-order valence-electron chi connectivity index (χ1n) is 8.91. The van der Waals surface area contributed by atoms with E-state index in [4.69, 9.17) is 4.98 Å². The Bertz CT molecular complexity index is 1490. The minimum Gasteiger partial charge on any atom is -0.309 e. The van der Waals surface area contributed by atoms with Crippen LogP contribution >= 0.6 is 45.8 Å². The summed E-state index contributed by atoms with van der Waals surface area (Å²) in [6.45, 7) is 4.14. The van der Waals surface area contributed by atoms with E-state index >= 15 is 0 Å². The van der Waals surface area contributed by atoms with Crippen molar-refractivity contribution in [1.29, 1.82) is 0 Å². The molecule has 1 N–H and O–H groups in total. The summed E-state index contributed by atoms with van der Waals surface area (Å²) in [7, 11) is 0. The van der Waals surface area contributed by atoms with Gasteiger partial charge >= 0.3 is 0 Å². The van der Waals surface area contributed by atoms with Gasteiger partial charge in [-0.2, -0.15) is 0 Å². The van der Waals surface area contributed by atoms with Gasteiger partial charge in [0.25, 0.3) is 11.1 Å². The van der Waals surface area contributed by atoms with Crippen molar-refractivity contribution >= 4 is 66.2 Å². The summed E-state index contributed by atoms with van der Waals surface area (Å²) < 4.78 is 2.25. The topological polar surface area (TPSA) is 80.6 Å². The van der Waals surface area contributed by atoms with Crippen LogP contribution in [-0.2, 0) is 12.3 Å². The van der Waals surface area contributed by atoms with E-state index in [1.165, 1.54) is 34.4 Å². The van der Waals surface area contributed by atoms with Crippen molar-refractivity contribution in [2.45, 2.75) is 17.5 Å². The summed E-state index contributed by atoms with van der Waals surface area (Å²) in [5.41, 5.74) is 1.38. The molecule has 0 bridgehead atoms. The third-order valence-electron chi connectivity index (χ3n) is 4.46. The van der Waals surface area contributed by atoms with Gasteiger partial charge in [0, 0.05) is 22.4 Å². The molecule has 0 unspecified atom stereocenters. The summed E-state index contributed by atoms with van der Waals surface area (Å²) in [6.07, 6.45) is 1.69. The molecule has 0 amide bonds. The number of allylic oxidation sites excluding steroid dienone is 1. The van der Waals surface area contributed by atoms with Crippen LogP contribution in [0.15, 0.2) is 61.7 Å². The van der Waals surface area contributed by atoms with Crippen molar-refractivity contribution in [3.63, 3.8) is 0 Å². The highest BCUT2D eigenvalue weighted by molar-refractivity contribution is 7.98. The average Bonchev–Trinajstić information content (AvgIpc) is 3.48. The predicted octanol–water partition coefficient (Wildman–Crippen LogP) is 4.96. The van der Waals surface area contributed by atoms with Gasteiger partial charge < -0.3 is 4.98 Å². The SMILES string of the molecule is C=CCn1c(SCc2nc3ccsc3c(=O)[nH]2)nc2scc(-c3cccs3)c2c1=O. The van der Waals surface area contributed by atoms with E-state index in [0.717, 1.165) is 10.4 Å². The van der Waals surface area contributed by atoms with Crippen LogP contribution in [0.25, 0.3) is 30.9 Å². The summed E-state index contributed by atoms with van der Waals surface area (Å²) in [5.74, 6) is 0.958. The molecular formula is C20H14N4O2S4. The molecule has 0 atom stereocenters. The minimum absolute atomic E-state index is 0.0817. The maximum absolute atomic E-state index is 13.3. The molecule has 5 aromatic rings. The van der Waals surface area contributed by atoms with Gasteiger partial charge in [-0.15, -0.1) is 40.6 Å². The van der Waals surface area contributed by atoms with Gasteiger partial charge in [0.1, 0.15) is 15.4 Å². The quantitative estimate of drug-likeness (QED) is 0.215. The fraction of sp³-hybridized carbons (Fsp3) is 0.100. The van der Waals surface area contributed by atoms with Crippen LogP contribution in [0.5, 0.6) is 0 Å². The number of fused-ring (bicyclic) bond motifs is 2. The van der Waals surface area contributed by atoms with E-state index in [-0.39, 0.29) is 11.1 Å². The highest BCUT2D eigenvalue weighted by atomic mass is 32.2. The lowest BCUT2D eigenvalue weighted by Gasteiger charge is -2.10. The Balaban J connectivity index is 1.56. The number of nitrogens with one attached hydrogen (secondary N) is 1. The molecule has 5 rings (SSSR count). The number of aromatic amines is 1. The van der Waals surface area contributed by atoms with Crippen molar-refractivity contribution in [2.75, 3.05) is 0 Å². The van der Waals surface area contributed by atoms with E-state index in [9.17, 15) is 9.59 Å². The van der Waals surface area contributed by atoms with Gasteiger partial charge in [0.15, 0.2) is 5.16 Å². The summed E-state index contributed by atoms with van der Waals surface area (Å²) in [4.78, 5) is 39.4. The number of thioether (sulfide) groups is 1. The van der Waals surface area contributed by atoms with Crippen LogP contribution in [0.2, 0.25) is 0 Å². The van der Waals surface area contributed by atoms with Crippen molar-refractivity contribution in [3.8, 4) is 10.4 Å². The molecular weight excluding hydrogens is 457 g/mol. The van der Waals surface area contributed by atoms with E-state index in [2.05, 4.69) is 16.5 Å². The van der Waals surface area contributed by atoms with Gasteiger partial charge in [-0.05, 0) is 22.9 Å². The summed E-state index contributed by atoms with van der Waals surface area (Å²) in [5, 5.41) is 7.06. The highest BCUT2D eigenvalue weighted by Gasteiger charge is 2.18. The minimum atomic E-state index is -0.142. The number of thiophene rings is 3. The largest absolute Gasteiger partial charge is 0.309 e. The molecule has 0 fully saturated rings. The van der Waals surface area contributed by atoms with Crippen molar-refractivity contribution in [2.24, 2.45) is 0 Å². The van der Waals surface area contributed by atoms with Crippen LogP contribution in [0.4, 0.5) is 0 Å². The van der Waals surface area contributed by atoms with Gasteiger partial charge in [-0.3, -0.25) is 14.2 Å². The van der Waals surface area contributed by atoms with Crippen LogP contribution in [0.3, 0.4) is 0 Å². The maximum atomic E-state index is 13.3. The number of aromatic nitrogens is 4. The Morgan fingerprint density at radius 2 is 2.07 bits per heavy atom. The first-order valence-corrected chi connectivity index (χ1v) is 12.5. The molecule has 0 aliphatic heterocycles. The smallest absolute Gasteiger partial charge is 0.268 e. The zero-order chi connectivity index (χ0) is 20.7. The molecule has 0 aromatic carbocycles. The number of hydrogen-bond acceptors (Lipinski definition) is 8. The second-order valence-electron chi connectivity index (χ2n) is 6.34. The van der Waals surface area contributed by atoms with Gasteiger partial charge in [-0.1, -0.05) is 23.9 Å². The van der Waals surface area contributed by atoms with E-state index in [0.29, 0.717) is 43.7 Å². The zero-order valence-electron chi connectivity index (χ0n) is 15.5. The van der Waals surface area contributed by atoms with Crippen LogP contribution in [0, 0.1) is 0 Å². The number of H-pyrrole nitrogens is 1. The van der Waals surface area contributed by atoms with E-state index < -0.39 is 0 Å². The third kappa shape index (κ3) is 3.35. The molecule has 0 aliphatic rings. The Morgan fingerprint density at radius 3 is 2.87 bits per heavy atom. The van der Waals surface area contributed by atoms with Crippen LogP contribution in [0.1, 0.15) is 5.82 Å². The van der Waals surface area contributed by atoms with Crippen molar-refractivity contribution < 1.29 is 0 Å². The standard InChI is InChI=1S/C20H14N4O2S4/c1-2-6-24-19(26)15-11(13-4-3-7-27-13)9-29-18(15)23-20(24)30-10-14-21-12-5-8-28-16(12)17(25)22-14/h2-5,7-9H,1,6,10H2,(H,21,22,25). The lowest BCUT2D eigenvalue weighted by atomic mass is 10.2. The molecule has 150 valence electrons. The summed E-state index contributed by atoms with van der Waals surface area (Å²) >= 11 is 5.82. The van der Waals surface area contributed by atoms with Gasteiger partial charge in [-0.25, -0.2) is 9.97 Å². The van der Waals surface area contributed by atoms with Gasteiger partial charge in [0.2, 0.25) is 0 Å². The Kier molecular flexibility index (Phi) is 5.15. The lowest BCUT2D eigenvalue weighted by molar-refractivity contribution is 0.672. The molecule has 0 spiro atoms. The summed E-state index contributed by atoms with van der Waals surface area (Å²) in [6, 6.07) is 5.81. The second-order valence-corrected chi connectivity index (χ2v) is 10.0. The van der Waals surface area contributed by atoms with E-state index in [1.807, 2.05) is 34.3 Å². The average molecular weight is 471 g/mol.